The standard InChI is InChI=1S/C26H35N7O7S2/c1-2-40-21(34)15-20-26(37)32(12-13-33(20)42(38,39)16-18-7-4-3-5-8-18)23(30-17-28)24(36)31-19(9-6-10-27)22(35)25-29-11-14-41-25/h3-5,7-8,11,14,17,19-20,23H,2,6,9-10,12-13,15-16,27H2,1H3,(H2,28,30)(H,31,36)/t19?,20-,23+/m1/s1. The number of ketones is 1. The van der Waals surface area contributed by atoms with E-state index in [1.54, 1.807) is 42.6 Å². The molecule has 1 aromatic heterocycles. The number of nitrogens with zero attached hydrogens (tertiary/aromatic N) is 4. The maximum atomic E-state index is 13.8. The molecule has 0 bridgehead atoms. The third-order valence-corrected chi connectivity index (χ3v) is 9.06. The highest BCUT2D eigenvalue weighted by Crippen LogP contribution is 2.24. The first-order chi connectivity index (χ1) is 20.1. The Bertz CT molecular complexity index is 1350. The minimum absolute atomic E-state index is 0.0278. The number of hydrogen-bond donors (Lipinski definition) is 3. The summed E-state index contributed by atoms with van der Waals surface area (Å²) in [6, 6.07) is 5.92. The first-order valence-corrected chi connectivity index (χ1v) is 15.8. The van der Waals surface area contributed by atoms with Crippen LogP contribution in [0, 0.1) is 0 Å². The van der Waals surface area contributed by atoms with Gasteiger partial charge in [-0.25, -0.2) is 18.4 Å². The van der Waals surface area contributed by atoms with E-state index in [1.807, 2.05) is 0 Å². The Morgan fingerprint density at radius 1 is 1.26 bits per heavy atom. The molecule has 0 spiro atoms. The molecule has 228 valence electrons. The molecule has 0 aliphatic carbocycles. The van der Waals surface area contributed by atoms with Crippen molar-refractivity contribution in [2.45, 2.75) is 50.2 Å². The Hall–Kier alpha value is -3.73. The van der Waals surface area contributed by atoms with Crippen molar-refractivity contribution in [3.8, 4) is 0 Å². The molecule has 1 aromatic carbocycles. The van der Waals surface area contributed by atoms with Crippen molar-refractivity contribution < 1.29 is 32.3 Å². The number of esters is 1. The number of thiazole rings is 1. The van der Waals surface area contributed by atoms with E-state index in [9.17, 15) is 27.6 Å². The summed E-state index contributed by atoms with van der Waals surface area (Å²) < 4.78 is 32.8. The summed E-state index contributed by atoms with van der Waals surface area (Å²) >= 11 is 1.12. The number of rotatable bonds is 15. The normalized spacial score (nSPS) is 17.6. The highest BCUT2D eigenvalue weighted by molar-refractivity contribution is 7.88. The van der Waals surface area contributed by atoms with Crippen molar-refractivity contribution in [2.24, 2.45) is 16.5 Å². The van der Waals surface area contributed by atoms with E-state index >= 15 is 0 Å². The van der Waals surface area contributed by atoms with Crippen molar-refractivity contribution in [1.29, 1.82) is 0 Å². The summed E-state index contributed by atoms with van der Waals surface area (Å²) in [5, 5.41) is 4.45. The summed E-state index contributed by atoms with van der Waals surface area (Å²) in [4.78, 5) is 61.8. The summed E-state index contributed by atoms with van der Waals surface area (Å²) in [6.45, 7) is 1.44. The van der Waals surface area contributed by atoms with Gasteiger partial charge in [0, 0.05) is 24.7 Å². The van der Waals surface area contributed by atoms with E-state index in [0.717, 1.165) is 26.9 Å². The van der Waals surface area contributed by atoms with Crippen LogP contribution in [0.15, 0.2) is 46.9 Å². The van der Waals surface area contributed by atoms with E-state index in [4.69, 9.17) is 16.2 Å². The minimum atomic E-state index is -4.07. The molecule has 3 rings (SSSR count). The third-order valence-electron chi connectivity index (χ3n) is 6.42. The number of nitrogens with two attached hydrogens (primary N) is 2. The number of hydrogen-bond acceptors (Lipinski definition) is 11. The first-order valence-electron chi connectivity index (χ1n) is 13.3. The molecule has 0 saturated carbocycles. The van der Waals surface area contributed by atoms with Crippen molar-refractivity contribution in [3.05, 3.63) is 52.5 Å². The molecule has 3 atom stereocenters. The number of piperazine rings is 1. The fourth-order valence-electron chi connectivity index (χ4n) is 4.50. The molecule has 1 aliphatic heterocycles. The van der Waals surface area contributed by atoms with Gasteiger partial charge in [0.1, 0.15) is 6.04 Å². The molecule has 2 amide bonds. The van der Waals surface area contributed by atoms with Gasteiger partial charge in [-0.1, -0.05) is 30.3 Å². The van der Waals surface area contributed by atoms with Gasteiger partial charge in [-0.05, 0) is 31.9 Å². The van der Waals surface area contributed by atoms with Gasteiger partial charge in [0.2, 0.25) is 27.9 Å². The zero-order valence-electron chi connectivity index (χ0n) is 23.1. The monoisotopic (exact) mass is 621 g/mol. The molecule has 2 aromatic rings. The number of carbonyl (C=O) groups is 4. The average Bonchev–Trinajstić information content (AvgIpc) is 3.50. The molecule has 1 aliphatic rings. The lowest BCUT2D eigenvalue weighted by atomic mass is 10.1. The van der Waals surface area contributed by atoms with Gasteiger partial charge >= 0.3 is 5.97 Å². The molecule has 14 nitrogen and oxygen atoms in total. The largest absolute Gasteiger partial charge is 0.466 e. The first kappa shape index (κ1) is 32.8. The Morgan fingerprint density at radius 3 is 2.62 bits per heavy atom. The van der Waals surface area contributed by atoms with Crippen LogP contribution < -0.4 is 16.8 Å². The number of aliphatic imine (C=N–C) groups is 1. The van der Waals surface area contributed by atoms with Crippen LogP contribution >= 0.6 is 11.3 Å². The summed E-state index contributed by atoms with van der Waals surface area (Å²) in [5.41, 5.74) is 11.6. The second kappa shape index (κ2) is 15.5. The fraction of sp³-hybridized carbons (Fsp3) is 0.462. The third kappa shape index (κ3) is 8.40. The molecule has 1 saturated heterocycles. The highest BCUT2D eigenvalue weighted by Gasteiger charge is 2.46. The SMILES string of the molecule is CCOC(=O)C[C@@H]1C(=O)N([C@H](N=CN)C(=O)NC(CCCN)C(=O)c2nccs2)CCN1S(=O)(=O)Cc1ccccc1. The number of benzene rings is 1. The van der Waals surface area contributed by atoms with Crippen LogP contribution in [-0.4, -0.2) is 97.0 Å². The van der Waals surface area contributed by atoms with E-state index < -0.39 is 64.0 Å². The van der Waals surface area contributed by atoms with Crippen LogP contribution in [0.5, 0.6) is 0 Å². The number of aromatic nitrogens is 1. The molecular formula is C26H35N7O7S2. The number of ether oxygens (including phenoxy) is 1. The van der Waals surface area contributed by atoms with Crippen molar-refractivity contribution in [2.75, 3.05) is 26.2 Å². The van der Waals surface area contributed by atoms with Gasteiger partial charge in [0.05, 0.1) is 31.2 Å². The van der Waals surface area contributed by atoms with Crippen LogP contribution in [0.25, 0.3) is 0 Å². The molecule has 0 radical (unpaired) electrons. The maximum Gasteiger partial charge on any atom is 0.307 e. The summed E-state index contributed by atoms with van der Waals surface area (Å²) in [7, 11) is -4.07. The second-order valence-corrected chi connectivity index (χ2v) is 12.1. The Balaban J connectivity index is 1.88. The van der Waals surface area contributed by atoms with Crippen LogP contribution in [0.2, 0.25) is 0 Å². The predicted molar refractivity (Wildman–Crippen MR) is 156 cm³/mol. The van der Waals surface area contributed by atoms with E-state index in [1.165, 1.54) is 6.20 Å². The number of carbonyl (C=O) groups excluding carboxylic acids is 4. The average molecular weight is 622 g/mol. The zero-order valence-corrected chi connectivity index (χ0v) is 24.8. The molecule has 42 heavy (non-hydrogen) atoms. The predicted octanol–water partition coefficient (Wildman–Crippen LogP) is -0.141. The number of nitrogens with one attached hydrogen (secondary N) is 1. The Labute approximate surface area is 248 Å². The minimum Gasteiger partial charge on any atom is -0.466 e. The van der Waals surface area contributed by atoms with Crippen LogP contribution in [-0.2, 0) is 34.9 Å². The van der Waals surface area contributed by atoms with E-state index in [-0.39, 0.29) is 37.7 Å². The molecular weight excluding hydrogens is 586 g/mol. The van der Waals surface area contributed by atoms with Gasteiger partial charge in [-0.15, -0.1) is 11.3 Å². The van der Waals surface area contributed by atoms with E-state index in [2.05, 4.69) is 15.3 Å². The Kier molecular flexibility index (Phi) is 12.1. The molecule has 1 unspecified atom stereocenters. The number of amides is 2. The zero-order chi connectivity index (χ0) is 30.7. The smallest absolute Gasteiger partial charge is 0.307 e. The topological polar surface area (TPSA) is 207 Å². The molecule has 1 fully saturated rings. The summed E-state index contributed by atoms with van der Waals surface area (Å²) in [5.74, 6) is -3.25. The van der Waals surface area contributed by atoms with Gasteiger partial charge in [0.15, 0.2) is 5.01 Å². The van der Waals surface area contributed by atoms with E-state index in [0.29, 0.717) is 12.0 Å². The van der Waals surface area contributed by atoms with Crippen LogP contribution in [0.3, 0.4) is 0 Å². The quantitative estimate of drug-likeness (QED) is 0.104. The lowest BCUT2D eigenvalue weighted by Gasteiger charge is -2.41. The highest BCUT2D eigenvalue weighted by atomic mass is 32.2. The fourth-order valence-corrected chi connectivity index (χ4v) is 6.82. The molecule has 2 heterocycles. The van der Waals surface area contributed by atoms with Crippen LogP contribution in [0.1, 0.15) is 41.6 Å². The summed E-state index contributed by atoms with van der Waals surface area (Å²) in [6.07, 6.45) is 0.842. The van der Waals surface area contributed by atoms with Gasteiger partial charge in [0.25, 0.3) is 5.91 Å². The van der Waals surface area contributed by atoms with Crippen molar-refractivity contribution in [1.82, 2.24) is 19.5 Å². The van der Waals surface area contributed by atoms with Gasteiger partial charge in [-0.3, -0.25) is 19.2 Å². The van der Waals surface area contributed by atoms with Crippen LogP contribution in [0.4, 0.5) is 0 Å². The van der Waals surface area contributed by atoms with Crippen molar-refractivity contribution in [3.63, 3.8) is 0 Å². The second-order valence-electron chi connectivity index (χ2n) is 9.27. The molecule has 16 heteroatoms. The van der Waals surface area contributed by atoms with Crippen molar-refractivity contribution >= 4 is 51.3 Å². The lowest BCUT2D eigenvalue weighted by Crippen LogP contribution is -2.64. The number of Topliss-reactive ketones (excluding diaryl/α,β-unsaturated/α-hetero) is 1. The van der Waals surface area contributed by atoms with Gasteiger partial charge < -0.3 is 26.4 Å². The lowest BCUT2D eigenvalue weighted by molar-refractivity contribution is -0.153. The Morgan fingerprint density at radius 2 is 2.00 bits per heavy atom. The molecule has 5 N–H and O–H groups in total. The number of sulfonamides is 1. The van der Waals surface area contributed by atoms with Gasteiger partial charge in [-0.2, -0.15) is 4.31 Å². The maximum absolute atomic E-state index is 13.8.